The van der Waals surface area contributed by atoms with Gasteiger partial charge in [0.05, 0.1) is 18.0 Å². The molecule has 31 heavy (non-hydrogen) atoms. The first-order valence-corrected chi connectivity index (χ1v) is 10.5. The van der Waals surface area contributed by atoms with Gasteiger partial charge in [0.15, 0.2) is 6.61 Å². The first kappa shape index (κ1) is 22.4. The van der Waals surface area contributed by atoms with Crippen LogP contribution in [0, 0.1) is 11.3 Å². The van der Waals surface area contributed by atoms with Crippen molar-refractivity contribution in [1.29, 1.82) is 5.26 Å². The molecule has 0 saturated heterocycles. The van der Waals surface area contributed by atoms with E-state index in [1.165, 1.54) is 0 Å². The average Bonchev–Trinajstić information content (AvgIpc) is 3.01. The molecule has 160 valence electrons. The summed E-state index contributed by atoms with van der Waals surface area (Å²) in [4.78, 5) is 28.2. The largest absolute Gasteiger partial charge is 0.494 e. The summed E-state index contributed by atoms with van der Waals surface area (Å²) < 4.78 is 11.6. The summed E-state index contributed by atoms with van der Waals surface area (Å²) in [6.45, 7) is -0.128. The lowest BCUT2D eigenvalue weighted by Crippen LogP contribution is -2.27. The Balaban J connectivity index is 1.52. The van der Waals surface area contributed by atoms with Crippen LogP contribution in [0.3, 0.4) is 0 Å². The highest BCUT2D eigenvalue weighted by molar-refractivity contribution is 9.10. The predicted molar refractivity (Wildman–Crippen MR) is 121 cm³/mol. The van der Waals surface area contributed by atoms with E-state index in [2.05, 4.69) is 15.9 Å². The minimum absolute atomic E-state index is 0.0491. The van der Waals surface area contributed by atoms with Gasteiger partial charge < -0.3 is 19.3 Å². The fourth-order valence-electron chi connectivity index (χ4n) is 3.31. The number of esters is 1. The molecule has 0 N–H and O–H groups in total. The number of halogens is 1. The minimum atomic E-state index is -0.539. The number of nitrogens with zero attached hydrogens (tertiary/aromatic N) is 3. The Bertz CT molecular complexity index is 1030. The number of anilines is 2. The number of Topliss-reactive ketones (excluding diaryl/α,β-unsaturated/α-hetero) is 1. The van der Waals surface area contributed by atoms with Crippen molar-refractivity contribution in [2.24, 2.45) is 0 Å². The first-order valence-electron chi connectivity index (χ1n) is 9.70. The number of carbonyl (C=O) groups is 2. The fraction of sp³-hybridized carbons (Fsp3) is 0.261. The number of carbonyl (C=O) groups excluding carboxylic acids is 2. The number of ether oxygens (including phenoxy) is 2. The van der Waals surface area contributed by atoms with Crippen molar-refractivity contribution in [3.8, 4) is 11.8 Å². The van der Waals surface area contributed by atoms with Gasteiger partial charge in [0.1, 0.15) is 23.2 Å². The summed E-state index contributed by atoms with van der Waals surface area (Å²) in [7, 11) is 3.58. The molecule has 0 radical (unpaired) electrons. The van der Waals surface area contributed by atoms with E-state index in [1.807, 2.05) is 54.6 Å². The highest BCUT2D eigenvalue weighted by Gasteiger charge is 2.31. The molecular formula is C23H22BrN3O4. The molecule has 1 heterocycles. The summed E-state index contributed by atoms with van der Waals surface area (Å²) in [6, 6.07) is 17.0. The van der Waals surface area contributed by atoms with Crippen LogP contribution < -0.4 is 14.5 Å². The van der Waals surface area contributed by atoms with Gasteiger partial charge in [-0.15, -0.1) is 0 Å². The number of nitriles is 1. The number of hydrogen-bond donors (Lipinski definition) is 0. The molecule has 2 aromatic carbocycles. The van der Waals surface area contributed by atoms with Crippen LogP contribution >= 0.6 is 15.9 Å². The molecule has 0 bridgehead atoms. The monoisotopic (exact) mass is 483 g/mol. The quantitative estimate of drug-likeness (QED) is 0.242. The number of fused-ring (bicyclic) bond motifs is 1. The SMILES string of the molecule is CN1C(=C(C#N)C(=O)COC(=O)CCCOc2cccc(Br)c2)N(C)c2ccccc21. The van der Waals surface area contributed by atoms with Crippen molar-refractivity contribution in [3.63, 3.8) is 0 Å². The molecule has 1 aliphatic heterocycles. The summed E-state index contributed by atoms with van der Waals surface area (Å²) in [6.07, 6.45) is 0.567. The maximum absolute atomic E-state index is 12.6. The third-order valence-electron chi connectivity index (χ3n) is 4.81. The van der Waals surface area contributed by atoms with Gasteiger partial charge in [-0.05, 0) is 36.8 Å². The number of hydrogen-bond acceptors (Lipinski definition) is 7. The molecular weight excluding hydrogens is 462 g/mol. The normalized spacial score (nSPS) is 12.3. The van der Waals surface area contributed by atoms with E-state index >= 15 is 0 Å². The molecule has 0 spiro atoms. The fourth-order valence-corrected chi connectivity index (χ4v) is 3.69. The zero-order valence-corrected chi connectivity index (χ0v) is 18.9. The number of para-hydroxylation sites is 2. The summed E-state index contributed by atoms with van der Waals surface area (Å²) in [5.74, 6) is 0.119. The van der Waals surface area contributed by atoms with Crippen LogP contribution in [0.2, 0.25) is 0 Å². The van der Waals surface area contributed by atoms with E-state index < -0.39 is 18.4 Å². The number of ketones is 1. The van der Waals surface area contributed by atoms with E-state index in [4.69, 9.17) is 9.47 Å². The minimum Gasteiger partial charge on any atom is -0.494 e. The molecule has 0 aliphatic carbocycles. The smallest absolute Gasteiger partial charge is 0.306 e. The highest BCUT2D eigenvalue weighted by atomic mass is 79.9. The van der Waals surface area contributed by atoms with Crippen LogP contribution in [-0.2, 0) is 14.3 Å². The molecule has 7 nitrogen and oxygen atoms in total. The molecule has 0 fully saturated rings. The Kier molecular flexibility index (Phi) is 7.32. The van der Waals surface area contributed by atoms with E-state index in [9.17, 15) is 14.9 Å². The second kappa shape index (κ2) is 10.1. The van der Waals surface area contributed by atoms with Crippen molar-refractivity contribution in [1.82, 2.24) is 0 Å². The summed E-state index contributed by atoms with van der Waals surface area (Å²) in [5, 5.41) is 9.60. The average molecular weight is 484 g/mol. The van der Waals surface area contributed by atoms with Gasteiger partial charge in [-0.2, -0.15) is 5.26 Å². The highest BCUT2D eigenvalue weighted by Crippen LogP contribution is 2.40. The predicted octanol–water partition coefficient (Wildman–Crippen LogP) is 4.04. The van der Waals surface area contributed by atoms with Gasteiger partial charge >= 0.3 is 5.97 Å². The van der Waals surface area contributed by atoms with Crippen LogP contribution in [0.25, 0.3) is 0 Å². The number of benzene rings is 2. The Morgan fingerprint density at radius 1 is 1.06 bits per heavy atom. The molecule has 0 atom stereocenters. The Hall–Kier alpha value is -3.31. The van der Waals surface area contributed by atoms with Gasteiger partial charge in [-0.1, -0.05) is 34.1 Å². The topological polar surface area (TPSA) is 82.9 Å². The van der Waals surface area contributed by atoms with Crippen LogP contribution in [0.15, 0.2) is 64.4 Å². The molecule has 1 aliphatic rings. The lowest BCUT2D eigenvalue weighted by atomic mass is 10.2. The van der Waals surface area contributed by atoms with Gasteiger partial charge in [-0.3, -0.25) is 9.59 Å². The van der Waals surface area contributed by atoms with E-state index in [1.54, 1.807) is 23.9 Å². The molecule has 0 amide bonds. The van der Waals surface area contributed by atoms with Crippen LogP contribution in [0.5, 0.6) is 5.75 Å². The van der Waals surface area contributed by atoms with Crippen LogP contribution in [-0.4, -0.2) is 39.1 Å². The third kappa shape index (κ3) is 5.25. The molecule has 8 heteroatoms. The van der Waals surface area contributed by atoms with Gasteiger partial charge in [0.2, 0.25) is 5.78 Å². The van der Waals surface area contributed by atoms with Crippen LogP contribution in [0.1, 0.15) is 12.8 Å². The van der Waals surface area contributed by atoms with Gasteiger partial charge in [0.25, 0.3) is 0 Å². The Morgan fingerprint density at radius 2 is 1.74 bits per heavy atom. The summed E-state index contributed by atoms with van der Waals surface area (Å²) >= 11 is 3.37. The summed E-state index contributed by atoms with van der Waals surface area (Å²) in [5.41, 5.74) is 1.73. The standard InChI is InChI=1S/C23H22BrN3O4/c1-26-19-9-3-4-10-20(19)27(2)23(26)18(14-25)21(28)15-31-22(29)11-6-12-30-17-8-5-7-16(24)13-17/h3-5,7-10,13H,6,11-12,15H2,1-2H3. The third-order valence-corrected chi connectivity index (χ3v) is 5.30. The van der Waals surface area contributed by atoms with Crippen molar-refractivity contribution in [3.05, 3.63) is 64.4 Å². The van der Waals surface area contributed by atoms with Gasteiger partial charge in [0, 0.05) is 25.0 Å². The molecule has 0 unspecified atom stereocenters. The number of rotatable bonds is 8. The second-order valence-electron chi connectivity index (χ2n) is 6.91. The van der Waals surface area contributed by atoms with E-state index in [-0.39, 0.29) is 12.0 Å². The zero-order valence-electron chi connectivity index (χ0n) is 17.3. The lowest BCUT2D eigenvalue weighted by molar-refractivity contribution is -0.147. The van der Waals surface area contributed by atoms with Gasteiger partial charge in [-0.25, -0.2) is 0 Å². The van der Waals surface area contributed by atoms with Crippen LogP contribution in [0.4, 0.5) is 11.4 Å². The second-order valence-corrected chi connectivity index (χ2v) is 7.83. The van der Waals surface area contributed by atoms with Crippen molar-refractivity contribution < 1.29 is 19.1 Å². The molecule has 2 aromatic rings. The van der Waals surface area contributed by atoms with E-state index in [0.717, 1.165) is 15.8 Å². The molecule has 0 aromatic heterocycles. The van der Waals surface area contributed by atoms with Crippen molar-refractivity contribution >= 4 is 39.1 Å². The maximum atomic E-state index is 12.6. The van der Waals surface area contributed by atoms with E-state index in [0.29, 0.717) is 24.6 Å². The first-order chi connectivity index (χ1) is 14.9. The maximum Gasteiger partial charge on any atom is 0.306 e. The zero-order chi connectivity index (χ0) is 22.4. The molecule has 3 rings (SSSR count). The Morgan fingerprint density at radius 3 is 2.35 bits per heavy atom. The van der Waals surface area contributed by atoms with Crippen molar-refractivity contribution in [2.75, 3.05) is 37.1 Å². The van der Waals surface area contributed by atoms with Crippen molar-refractivity contribution in [2.45, 2.75) is 12.8 Å². The Labute approximate surface area is 189 Å². The molecule has 0 saturated carbocycles. The lowest BCUT2D eigenvalue weighted by Gasteiger charge is -2.19.